The number of carbonyl (C=O) groups is 1. The SMILES string of the molecule is CC(CCN)C(N)c1ccc2c(c1)CC(=O)N2. The molecular formula is C13H19N3O. The van der Waals surface area contributed by atoms with Crippen LogP contribution < -0.4 is 16.8 Å². The van der Waals surface area contributed by atoms with Gasteiger partial charge in [-0.1, -0.05) is 19.1 Å². The van der Waals surface area contributed by atoms with Gasteiger partial charge in [0.25, 0.3) is 0 Å². The standard InChI is InChI=1S/C13H19N3O/c1-8(4-5-14)13(15)9-2-3-11-10(6-9)7-12(17)16-11/h2-3,6,8,13H,4-5,7,14-15H2,1H3,(H,16,17). The summed E-state index contributed by atoms with van der Waals surface area (Å²) in [7, 11) is 0. The average molecular weight is 233 g/mol. The lowest BCUT2D eigenvalue weighted by atomic mass is 9.91. The molecule has 1 aliphatic rings. The number of carbonyl (C=O) groups excluding carboxylic acids is 1. The summed E-state index contributed by atoms with van der Waals surface area (Å²) in [5.74, 6) is 0.406. The van der Waals surface area contributed by atoms with Crippen molar-refractivity contribution in [3.05, 3.63) is 29.3 Å². The van der Waals surface area contributed by atoms with Gasteiger partial charge in [-0.25, -0.2) is 0 Å². The second-order valence-electron chi connectivity index (χ2n) is 4.72. The fourth-order valence-electron chi connectivity index (χ4n) is 2.23. The topological polar surface area (TPSA) is 81.1 Å². The van der Waals surface area contributed by atoms with Gasteiger partial charge in [-0.2, -0.15) is 0 Å². The van der Waals surface area contributed by atoms with Gasteiger partial charge in [0.15, 0.2) is 0 Å². The minimum atomic E-state index is -0.0143. The summed E-state index contributed by atoms with van der Waals surface area (Å²) in [5, 5.41) is 2.82. The number of hydrogen-bond acceptors (Lipinski definition) is 3. The quantitative estimate of drug-likeness (QED) is 0.730. The number of fused-ring (bicyclic) bond motifs is 1. The van der Waals surface area contributed by atoms with Crippen LogP contribution in [0.1, 0.15) is 30.5 Å². The number of rotatable bonds is 4. The Morgan fingerprint density at radius 2 is 2.24 bits per heavy atom. The second-order valence-corrected chi connectivity index (χ2v) is 4.72. The smallest absolute Gasteiger partial charge is 0.228 e. The number of nitrogens with two attached hydrogens (primary N) is 2. The van der Waals surface area contributed by atoms with Crippen molar-refractivity contribution < 1.29 is 4.79 Å². The van der Waals surface area contributed by atoms with Crippen molar-refractivity contribution in [2.75, 3.05) is 11.9 Å². The van der Waals surface area contributed by atoms with Crippen LogP contribution in [0.15, 0.2) is 18.2 Å². The van der Waals surface area contributed by atoms with E-state index in [-0.39, 0.29) is 11.9 Å². The summed E-state index contributed by atoms with van der Waals surface area (Å²) in [4.78, 5) is 11.3. The van der Waals surface area contributed by atoms with E-state index < -0.39 is 0 Å². The Balaban J connectivity index is 2.18. The Labute approximate surface area is 101 Å². The molecule has 0 spiro atoms. The lowest BCUT2D eigenvalue weighted by molar-refractivity contribution is -0.115. The molecule has 17 heavy (non-hydrogen) atoms. The molecule has 1 amide bonds. The Kier molecular flexibility index (Phi) is 3.45. The molecule has 2 atom stereocenters. The first-order chi connectivity index (χ1) is 8.11. The fraction of sp³-hybridized carbons (Fsp3) is 0.462. The van der Waals surface area contributed by atoms with Gasteiger partial charge in [0.05, 0.1) is 6.42 Å². The molecule has 0 bridgehead atoms. The Hall–Kier alpha value is -1.39. The minimum absolute atomic E-state index is 0.0143. The Morgan fingerprint density at radius 3 is 2.94 bits per heavy atom. The average Bonchev–Trinajstić information content (AvgIpc) is 2.67. The van der Waals surface area contributed by atoms with Gasteiger partial charge >= 0.3 is 0 Å². The molecule has 1 aromatic rings. The number of nitrogens with one attached hydrogen (secondary N) is 1. The van der Waals surface area contributed by atoms with Crippen LogP contribution in [-0.2, 0) is 11.2 Å². The first-order valence-electron chi connectivity index (χ1n) is 6.00. The zero-order valence-corrected chi connectivity index (χ0v) is 10.1. The maximum absolute atomic E-state index is 11.3. The Morgan fingerprint density at radius 1 is 1.47 bits per heavy atom. The van der Waals surface area contributed by atoms with E-state index in [0.717, 1.165) is 23.2 Å². The van der Waals surface area contributed by atoms with Crippen molar-refractivity contribution in [2.24, 2.45) is 17.4 Å². The molecular weight excluding hydrogens is 214 g/mol. The number of amides is 1. The van der Waals surface area contributed by atoms with E-state index >= 15 is 0 Å². The maximum atomic E-state index is 11.3. The predicted molar refractivity (Wildman–Crippen MR) is 68.5 cm³/mol. The normalized spacial score (nSPS) is 17.5. The van der Waals surface area contributed by atoms with Gasteiger partial charge in [0.2, 0.25) is 5.91 Å². The number of benzene rings is 1. The highest BCUT2D eigenvalue weighted by Crippen LogP contribution is 2.28. The van der Waals surface area contributed by atoms with Crippen molar-refractivity contribution in [2.45, 2.75) is 25.8 Å². The molecule has 1 heterocycles. The Bertz CT molecular complexity index is 431. The van der Waals surface area contributed by atoms with Crippen LogP contribution in [0.25, 0.3) is 0 Å². The summed E-state index contributed by atoms with van der Waals surface area (Å²) < 4.78 is 0. The highest BCUT2D eigenvalue weighted by Gasteiger charge is 2.20. The van der Waals surface area contributed by atoms with Gasteiger partial charge in [0, 0.05) is 11.7 Å². The van der Waals surface area contributed by atoms with Gasteiger partial charge in [-0.15, -0.1) is 0 Å². The van der Waals surface area contributed by atoms with Crippen molar-refractivity contribution >= 4 is 11.6 Å². The summed E-state index contributed by atoms with van der Waals surface area (Å²) >= 11 is 0. The lowest BCUT2D eigenvalue weighted by Crippen LogP contribution is -2.21. The van der Waals surface area contributed by atoms with Crippen molar-refractivity contribution in [1.29, 1.82) is 0 Å². The zero-order valence-electron chi connectivity index (χ0n) is 10.1. The number of anilines is 1. The molecule has 0 saturated carbocycles. The van der Waals surface area contributed by atoms with Crippen LogP contribution in [-0.4, -0.2) is 12.5 Å². The van der Waals surface area contributed by atoms with Gasteiger partial charge < -0.3 is 16.8 Å². The molecule has 4 heteroatoms. The lowest BCUT2D eigenvalue weighted by Gasteiger charge is -2.20. The second kappa shape index (κ2) is 4.85. The molecule has 4 nitrogen and oxygen atoms in total. The first kappa shape index (κ1) is 12.1. The molecule has 0 radical (unpaired) electrons. The molecule has 1 aromatic carbocycles. The van der Waals surface area contributed by atoms with E-state index in [1.807, 2.05) is 18.2 Å². The van der Waals surface area contributed by atoms with E-state index in [9.17, 15) is 4.79 Å². The fourth-order valence-corrected chi connectivity index (χ4v) is 2.23. The molecule has 0 aromatic heterocycles. The minimum Gasteiger partial charge on any atom is -0.330 e. The van der Waals surface area contributed by atoms with Gasteiger partial charge in [0.1, 0.15) is 0 Å². The van der Waals surface area contributed by atoms with Crippen LogP contribution in [0.4, 0.5) is 5.69 Å². The molecule has 2 unspecified atom stereocenters. The van der Waals surface area contributed by atoms with E-state index in [0.29, 0.717) is 18.9 Å². The maximum Gasteiger partial charge on any atom is 0.228 e. The first-order valence-corrected chi connectivity index (χ1v) is 6.00. The molecule has 0 fully saturated rings. The molecule has 92 valence electrons. The predicted octanol–water partition coefficient (Wildman–Crippen LogP) is 1.17. The summed E-state index contributed by atoms with van der Waals surface area (Å²) in [6.45, 7) is 2.76. The highest BCUT2D eigenvalue weighted by molar-refractivity contribution is 5.99. The van der Waals surface area contributed by atoms with Crippen LogP contribution in [0.2, 0.25) is 0 Å². The molecule has 0 aliphatic carbocycles. The van der Waals surface area contributed by atoms with Crippen LogP contribution in [0, 0.1) is 5.92 Å². The largest absolute Gasteiger partial charge is 0.330 e. The van der Waals surface area contributed by atoms with Crippen molar-refractivity contribution in [3.63, 3.8) is 0 Å². The van der Waals surface area contributed by atoms with Gasteiger partial charge in [-0.3, -0.25) is 4.79 Å². The van der Waals surface area contributed by atoms with E-state index in [2.05, 4.69) is 12.2 Å². The van der Waals surface area contributed by atoms with Crippen LogP contribution in [0.5, 0.6) is 0 Å². The molecule has 1 aliphatic heterocycles. The van der Waals surface area contributed by atoms with Crippen molar-refractivity contribution in [3.8, 4) is 0 Å². The van der Waals surface area contributed by atoms with E-state index in [1.165, 1.54) is 0 Å². The third kappa shape index (κ3) is 2.48. The van der Waals surface area contributed by atoms with E-state index in [1.54, 1.807) is 0 Å². The molecule has 2 rings (SSSR count). The summed E-state index contributed by atoms with van der Waals surface area (Å²) in [5.41, 5.74) is 14.8. The van der Waals surface area contributed by atoms with E-state index in [4.69, 9.17) is 11.5 Å². The monoisotopic (exact) mass is 233 g/mol. The number of hydrogen-bond donors (Lipinski definition) is 3. The summed E-state index contributed by atoms with van der Waals surface area (Å²) in [6, 6.07) is 5.94. The third-order valence-corrected chi connectivity index (χ3v) is 3.37. The highest BCUT2D eigenvalue weighted by atomic mass is 16.1. The zero-order chi connectivity index (χ0) is 12.4. The third-order valence-electron chi connectivity index (χ3n) is 3.37. The van der Waals surface area contributed by atoms with Gasteiger partial charge in [-0.05, 0) is 36.1 Å². The summed E-state index contributed by atoms with van der Waals surface area (Å²) in [6.07, 6.45) is 1.37. The molecule has 0 saturated heterocycles. The van der Waals surface area contributed by atoms with Crippen molar-refractivity contribution in [1.82, 2.24) is 0 Å². The van der Waals surface area contributed by atoms with Crippen LogP contribution in [0.3, 0.4) is 0 Å². The molecule has 5 N–H and O–H groups in total. The van der Waals surface area contributed by atoms with Crippen LogP contribution >= 0.6 is 0 Å².